The van der Waals surface area contributed by atoms with Gasteiger partial charge in [-0.05, 0) is 40.2 Å². The van der Waals surface area contributed by atoms with E-state index in [4.69, 9.17) is 17.3 Å². The Bertz CT molecular complexity index is 736. The lowest BCUT2D eigenvalue weighted by atomic mass is 10.2. The van der Waals surface area contributed by atoms with Crippen molar-refractivity contribution in [2.75, 3.05) is 5.73 Å². The summed E-state index contributed by atoms with van der Waals surface area (Å²) in [6.07, 6.45) is 0. The highest BCUT2D eigenvalue weighted by molar-refractivity contribution is 9.10. The molecule has 3 rings (SSSR count). The second-order valence-corrected chi connectivity index (χ2v) is 5.29. The third-order valence-corrected chi connectivity index (χ3v) is 3.49. The summed E-state index contributed by atoms with van der Waals surface area (Å²) in [7, 11) is 0. The summed E-state index contributed by atoms with van der Waals surface area (Å²) in [6.45, 7) is 0. The molecule has 0 radical (unpaired) electrons. The number of anilines is 1. The molecule has 0 aliphatic heterocycles. The highest BCUT2D eigenvalue weighted by atomic mass is 79.9. The minimum atomic E-state index is 0.664. The summed E-state index contributed by atoms with van der Waals surface area (Å²) >= 11 is 9.46. The van der Waals surface area contributed by atoms with Gasteiger partial charge in [0.05, 0.1) is 5.52 Å². The SMILES string of the molecule is Nc1cccc(-c2nc3c(Br)cc(Cl)cc3[nH]2)c1. The van der Waals surface area contributed by atoms with E-state index >= 15 is 0 Å². The fraction of sp³-hybridized carbons (Fsp3) is 0. The van der Waals surface area contributed by atoms with Crippen LogP contribution in [-0.4, -0.2) is 9.97 Å². The number of imidazole rings is 1. The molecule has 3 aromatic rings. The zero-order chi connectivity index (χ0) is 12.7. The van der Waals surface area contributed by atoms with Gasteiger partial charge in [0.25, 0.3) is 0 Å². The first kappa shape index (κ1) is 11.6. The van der Waals surface area contributed by atoms with E-state index in [0.717, 1.165) is 26.9 Å². The first-order valence-electron chi connectivity index (χ1n) is 5.34. The van der Waals surface area contributed by atoms with Gasteiger partial charge in [0, 0.05) is 20.7 Å². The molecule has 0 aliphatic rings. The number of fused-ring (bicyclic) bond motifs is 1. The van der Waals surface area contributed by atoms with Gasteiger partial charge in [0.1, 0.15) is 11.3 Å². The van der Waals surface area contributed by atoms with Crippen molar-refractivity contribution in [1.82, 2.24) is 9.97 Å². The molecule has 3 nitrogen and oxygen atoms in total. The van der Waals surface area contributed by atoms with E-state index in [9.17, 15) is 0 Å². The lowest BCUT2D eigenvalue weighted by molar-refractivity contribution is 1.33. The summed E-state index contributed by atoms with van der Waals surface area (Å²) in [5.41, 5.74) is 9.19. The molecule has 3 N–H and O–H groups in total. The van der Waals surface area contributed by atoms with Crippen LogP contribution in [-0.2, 0) is 0 Å². The van der Waals surface area contributed by atoms with Crippen molar-refractivity contribution in [2.24, 2.45) is 0 Å². The van der Waals surface area contributed by atoms with E-state index in [-0.39, 0.29) is 0 Å². The van der Waals surface area contributed by atoms with Crippen molar-refractivity contribution in [1.29, 1.82) is 0 Å². The van der Waals surface area contributed by atoms with E-state index in [1.54, 1.807) is 0 Å². The fourth-order valence-corrected chi connectivity index (χ4v) is 2.76. The Morgan fingerprint density at radius 2 is 2.06 bits per heavy atom. The summed E-state index contributed by atoms with van der Waals surface area (Å²) in [5.74, 6) is 0.778. The van der Waals surface area contributed by atoms with Crippen LogP contribution in [0, 0.1) is 0 Å². The molecular weight excluding hydrogens is 314 g/mol. The largest absolute Gasteiger partial charge is 0.399 e. The summed E-state index contributed by atoms with van der Waals surface area (Å²) in [4.78, 5) is 7.79. The number of aromatic nitrogens is 2. The number of H-pyrrole nitrogens is 1. The van der Waals surface area contributed by atoms with Crippen LogP contribution in [0.2, 0.25) is 5.02 Å². The minimum Gasteiger partial charge on any atom is -0.399 e. The molecule has 0 aliphatic carbocycles. The van der Waals surface area contributed by atoms with Gasteiger partial charge in [-0.25, -0.2) is 4.98 Å². The van der Waals surface area contributed by atoms with Crippen molar-refractivity contribution in [3.63, 3.8) is 0 Å². The number of hydrogen-bond acceptors (Lipinski definition) is 2. The van der Waals surface area contributed by atoms with Crippen molar-refractivity contribution in [2.45, 2.75) is 0 Å². The van der Waals surface area contributed by atoms with Gasteiger partial charge in [-0.15, -0.1) is 0 Å². The van der Waals surface area contributed by atoms with Gasteiger partial charge in [-0.3, -0.25) is 0 Å². The molecular formula is C13H9BrClN3. The number of rotatable bonds is 1. The molecule has 0 fully saturated rings. The number of nitrogens with one attached hydrogen (secondary N) is 1. The van der Waals surface area contributed by atoms with Gasteiger partial charge in [0.2, 0.25) is 0 Å². The molecule has 18 heavy (non-hydrogen) atoms. The smallest absolute Gasteiger partial charge is 0.138 e. The maximum atomic E-state index is 6.01. The highest BCUT2D eigenvalue weighted by Crippen LogP contribution is 2.29. The van der Waals surface area contributed by atoms with Crippen molar-refractivity contribution in [3.05, 3.63) is 45.9 Å². The lowest BCUT2D eigenvalue weighted by Gasteiger charge is -1.97. The monoisotopic (exact) mass is 321 g/mol. The Morgan fingerprint density at radius 3 is 2.83 bits per heavy atom. The molecule has 0 atom stereocenters. The number of nitrogens with zero attached hydrogens (tertiary/aromatic N) is 1. The first-order chi connectivity index (χ1) is 8.63. The van der Waals surface area contributed by atoms with Gasteiger partial charge in [-0.2, -0.15) is 0 Å². The van der Waals surface area contributed by atoms with Crippen LogP contribution in [0.25, 0.3) is 22.4 Å². The Kier molecular flexibility index (Phi) is 2.76. The number of halogens is 2. The second kappa shape index (κ2) is 4.30. The molecule has 0 amide bonds. The van der Waals surface area contributed by atoms with Crippen molar-refractivity contribution >= 4 is 44.3 Å². The van der Waals surface area contributed by atoms with Crippen LogP contribution in [0.15, 0.2) is 40.9 Å². The molecule has 1 heterocycles. The maximum absolute atomic E-state index is 6.01. The molecule has 5 heteroatoms. The average Bonchev–Trinajstić information content (AvgIpc) is 2.73. The van der Waals surface area contributed by atoms with E-state index in [2.05, 4.69) is 25.9 Å². The Balaban J connectivity index is 2.22. The van der Waals surface area contributed by atoms with Gasteiger partial charge in [-0.1, -0.05) is 23.7 Å². The van der Waals surface area contributed by atoms with Crippen LogP contribution < -0.4 is 5.73 Å². The minimum absolute atomic E-state index is 0.664. The predicted octanol–water partition coefficient (Wildman–Crippen LogP) is 4.23. The Hall–Kier alpha value is -1.52. The van der Waals surface area contributed by atoms with E-state index < -0.39 is 0 Å². The molecule has 0 unspecified atom stereocenters. The van der Waals surface area contributed by atoms with Crippen molar-refractivity contribution in [3.8, 4) is 11.4 Å². The van der Waals surface area contributed by atoms with Crippen LogP contribution in [0.4, 0.5) is 5.69 Å². The average molecular weight is 323 g/mol. The number of hydrogen-bond donors (Lipinski definition) is 2. The van der Waals surface area contributed by atoms with E-state index in [1.807, 2.05) is 36.4 Å². The molecule has 0 spiro atoms. The normalized spacial score (nSPS) is 11.0. The molecule has 2 aromatic carbocycles. The molecule has 0 saturated carbocycles. The van der Waals surface area contributed by atoms with Gasteiger partial charge < -0.3 is 10.7 Å². The van der Waals surface area contributed by atoms with Crippen LogP contribution in [0.5, 0.6) is 0 Å². The van der Waals surface area contributed by atoms with Crippen LogP contribution in [0.1, 0.15) is 0 Å². The highest BCUT2D eigenvalue weighted by Gasteiger charge is 2.09. The van der Waals surface area contributed by atoms with E-state index in [1.165, 1.54) is 0 Å². The quantitative estimate of drug-likeness (QED) is 0.659. The number of nitrogens with two attached hydrogens (primary N) is 1. The predicted molar refractivity (Wildman–Crippen MR) is 78.7 cm³/mol. The summed E-state index contributed by atoms with van der Waals surface area (Å²) < 4.78 is 0.872. The molecule has 0 saturated heterocycles. The van der Waals surface area contributed by atoms with Crippen LogP contribution in [0.3, 0.4) is 0 Å². The number of aromatic amines is 1. The van der Waals surface area contributed by atoms with Crippen molar-refractivity contribution < 1.29 is 0 Å². The third kappa shape index (κ3) is 1.98. The standard InChI is InChI=1S/C13H9BrClN3/c14-10-5-8(15)6-11-12(10)18-13(17-11)7-2-1-3-9(16)4-7/h1-6H,16H2,(H,17,18). The lowest BCUT2D eigenvalue weighted by Crippen LogP contribution is -1.86. The van der Waals surface area contributed by atoms with Gasteiger partial charge >= 0.3 is 0 Å². The topological polar surface area (TPSA) is 54.7 Å². The summed E-state index contributed by atoms with van der Waals surface area (Å²) in [6, 6.07) is 11.3. The zero-order valence-electron chi connectivity index (χ0n) is 9.24. The van der Waals surface area contributed by atoms with Gasteiger partial charge in [0.15, 0.2) is 0 Å². The second-order valence-electron chi connectivity index (χ2n) is 3.99. The summed E-state index contributed by atoms with van der Waals surface area (Å²) in [5, 5.41) is 0.664. The fourth-order valence-electron chi connectivity index (χ4n) is 1.86. The molecule has 1 aromatic heterocycles. The Labute approximate surface area is 117 Å². The molecule has 0 bridgehead atoms. The number of nitrogen functional groups attached to an aromatic ring is 1. The first-order valence-corrected chi connectivity index (χ1v) is 6.51. The Morgan fingerprint density at radius 1 is 1.22 bits per heavy atom. The molecule has 90 valence electrons. The zero-order valence-corrected chi connectivity index (χ0v) is 11.6. The van der Waals surface area contributed by atoms with E-state index in [0.29, 0.717) is 10.7 Å². The maximum Gasteiger partial charge on any atom is 0.138 e. The van der Waals surface area contributed by atoms with Crippen LogP contribution >= 0.6 is 27.5 Å². The number of benzene rings is 2. The third-order valence-electron chi connectivity index (χ3n) is 2.66.